The molecule has 0 fully saturated rings. The third-order valence-corrected chi connectivity index (χ3v) is 6.98. The first-order valence-corrected chi connectivity index (χ1v) is 14.6. The van der Waals surface area contributed by atoms with Crippen molar-refractivity contribution in [1.29, 1.82) is 0 Å². The van der Waals surface area contributed by atoms with E-state index in [9.17, 15) is 19.8 Å². The van der Waals surface area contributed by atoms with Crippen LogP contribution < -0.4 is 10.6 Å². The number of carbonyl (C=O) groups is 2. The Labute approximate surface area is 233 Å². The van der Waals surface area contributed by atoms with Crippen molar-refractivity contribution in [3.05, 3.63) is 0 Å². The predicted molar refractivity (Wildman–Crippen MR) is 151 cm³/mol. The molecule has 0 aliphatic heterocycles. The van der Waals surface area contributed by atoms with Crippen molar-refractivity contribution >= 4 is 23.6 Å². The number of thioether (sulfide) groups is 1. The molecule has 0 rings (SSSR count). The van der Waals surface area contributed by atoms with Gasteiger partial charge in [0.15, 0.2) is 0 Å². The fourth-order valence-corrected chi connectivity index (χ4v) is 4.15. The van der Waals surface area contributed by atoms with E-state index in [-0.39, 0.29) is 30.3 Å². The molecule has 11 heteroatoms. The number of carbonyl (C=O) groups excluding carboxylic acids is 1. The Hall–Kier alpha value is -0.950. The van der Waals surface area contributed by atoms with E-state index in [1.54, 1.807) is 7.11 Å². The van der Waals surface area contributed by atoms with Crippen LogP contribution in [0.1, 0.15) is 80.6 Å². The third-order valence-electron chi connectivity index (χ3n) is 5.98. The number of unbranched alkanes of at least 4 members (excludes halogenated alkanes) is 1. The van der Waals surface area contributed by atoms with E-state index in [1.807, 2.05) is 48.5 Å². The van der Waals surface area contributed by atoms with Crippen LogP contribution in [0, 0.1) is 5.41 Å². The molecule has 0 saturated carbocycles. The van der Waals surface area contributed by atoms with Gasteiger partial charge in [-0.05, 0) is 58.9 Å². The van der Waals surface area contributed by atoms with Crippen molar-refractivity contribution < 1.29 is 39.1 Å². The van der Waals surface area contributed by atoms with E-state index < -0.39 is 35.4 Å². The first-order valence-electron chi connectivity index (χ1n) is 13.4. The minimum atomic E-state index is -0.908. The summed E-state index contributed by atoms with van der Waals surface area (Å²) in [6.45, 7) is 15.5. The number of hydrogen-bond donors (Lipinski definition) is 5. The number of methoxy groups -OCH3 is 1. The lowest BCUT2D eigenvalue weighted by Crippen LogP contribution is -2.49. The van der Waals surface area contributed by atoms with E-state index in [0.29, 0.717) is 31.9 Å². The van der Waals surface area contributed by atoms with Crippen molar-refractivity contribution in [1.82, 2.24) is 10.6 Å². The minimum absolute atomic E-state index is 0.0474. The van der Waals surface area contributed by atoms with E-state index >= 15 is 0 Å². The van der Waals surface area contributed by atoms with Crippen molar-refractivity contribution in [2.45, 2.75) is 110 Å². The zero-order valence-electron chi connectivity index (χ0n) is 24.8. The monoisotopic (exact) mass is 566 g/mol. The van der Waals surface area contributed by atoms with E-state index in [2.05, 4.69) is 10.6 Å². The Bertz CT molecular complexity index is 670. The predicted octanol–water partition coefficient (Wildman–Crippen LogP) is 2.79. The highest BCUT2D eigenvalue weighted by molar-refractivity contribution is 7.99. The maximum atomic E-state index is 12.7. The fourth-order valence-electron chi connectivity index (χ4n) is 3.52. The summed E-state index contributed by atoms with van der Waals surface area (Å²) in [7, 11) is 1.66. The number of amides is 1. The second-order valence-corrected chi connectivity index (χ2v) is 13.0. The van der Waals surface area contributed by atoms with Crippen LogP contribution in [0.5, 0.6) is 0 Å². The van der Waals surface area contributed by atoms with Crippen LogP contribution in [-0.2, 0) is 23.8 Å². The number of ether oxygens (including phenoxy) is 3. The molecule has 226 valence electrons. The lowest BCUT2D eigenvalue weighted by Gasteiger charge is -2.34. The quantitative estimate of drug-likeness (QED) is 0.0979. The van der Waals surface area contributed by atoms with E-state index in [4.69, 9.17) is 19.3 Å². The topological polar surface area (TPSA) is 147 Å². The molecule has 3 atom stereocenters. The smallest absolute Gasteiger partial charge is 0.313 e. The van der Waals surface area contributed by atoms with Gasteiger partial charge in [0.25, 0.3) is 0 Å². The maximum absolute atomic E-state index is 12.7. The number of carboxylic acids is 1. The Morgan fingerprint density at radius 3 is 2.18 bits per heavy atom. The molecule has 0 aromatic carbocycles. The second kappa shape index (κ2) is 18.4. The molecule has 0 aromatic heterocycles. The average molecular weight is 567 g/mol. The summed E-state index contributed by atoms with van der Waals surface area (Å²) in [4.78, 5) is 23.2. The normalized spacial score (nSPS) is 15.2. The highest BCUT2D eigenvalue weighted by atomic mass is 32.2. The van der Waals surface area contributed by atoms with Crippen molar-refractivity contribution in [3.63, 3.8) is 0 Å². The van der Waals surface area contributed by atoms with E-state index in [0.717, 1.165) is 31.0 Å². The zero-order valence-corrected chi connectivity index (χ0v) is 25.6. The third kappa shape index (κ3) is 19.2. The molecule has 0 radical (unpaired) electrons. The number of rotatable bonds is 22. The van der Waals surface area contributed by atoms with Gasteiger partial charge in [0, 0.05) is 25.9 Å². The van der Waals surface area contributed by atoms with E-state index in [1.165, 1.54) is 0 Å². The minimum Gasteiger partial charge on any atom is -0.481 e. The maximum Gasteiger partial charge on any atom is 0.313 e. The van der Waals surface area contributed by atoms with Gasteiger partial charge in [-0.1, -0.05) is 27.2 Å². The van der Waals surface area contributed by atoms with Crippen LogP contribution in [0.15, 0.2) is 0 Å². The van der Waals surface area contributed by atoms with Crippen LogP contribution in [0.4, 0.5) is 0 Å². The molecule has 5 N–H and O–H groups in total. The van der Waals surface area contributed by atoms with Gasteiger partial charge in [-0.15, -0.1) is 11.8 Å². The molecule has 0 aliphatic rings. The Morgan fingerprint density at radius 1 is 0.947 bits per heavy atom. The first-order chi connectivity index (χ1) is 17.5. The lowest BCUT2D eigenvalue weighted by molar-refractivity contribution is -0.135. The molecule has 0 heterocycles. The molecular formula is C27H54N2O8S. The SMILES string of the molecule is COCCC(C)(C)OCC(C)(C)OCCC(=O)NC(CCCCNC(O)CSCC(=O)O)C(O)C(C)(C)C. The number of aliphatic hydroxyl groups excluding tert-OH is 2. The van der Waals surface area contributed by atoms with Crippen molar-refractivity contribution in [2.75, 3.05) is 45.0 Å². The Balaban J connectivity index is 4.56. The molecule has 1 amide bonds. The van der Waals surface area contributed by atoms with Crippen LogP contribution in [0.2, 0.25) is 0 Å². The average Bonchev–Trinajstić information content (AvgIpc) is 2.79. The summed E-state index contributed by atoms with van der Waals surface area (Å²) in [5.41, 5.74) is -1.30. The standard InChI is InChI=1S/C27H54N2O8S/c1-25(2,3)24(34)20(11-9-10-14-28-22(31)17-38-18-23(32)33)29-21(30)12-15-36-27(6,7)19-37-26(4,5)13-16-35-8/h20,22,24,28,31,34H,9-19H2,1-8H3,(H,29,30)(H,32,33). The van der Waals surface area contributed by atoms with Crippen LogP contribution in [-0.4, -0.2) is 102 Å². The Morgan fingerprint density at radius 2 is 1.61 bits per heavy atom. The van der Waals surface area contributed by atoms with Crippen molar-refractivity contribution in [3.8, 4) is 0 Å². The number of nitrogens with one attached hydrogen (secondary N) is 2. The second-order valence-electron chi connectivity index (χ2n) is 12.0. The molecule has 38 heavy (non-hydrogen) atoms. The first kappa shape index (κ1) is 37.0. The van der Waals surface area contributed by atoms with Crippen LogP contribution in [0.25, 0.3) is 0 Å². The van der Waals surface area contributed by atoms with Gasteiger partial charge < -0.3 is 34.8 Å². The van der Waals surface area contributed by atoms with Crippen LogP contribution in [0.3, 0.4) is 0 Å². The zero-order chi connectivity index (χ0) is 29.4. The molecule has 10 nitrogen and oxygen atoms in total. The largest absolute Gasteiger partial charge is 0.481 e. The van der Waals surface area contributed by atoms with Gasteiger partial charge in [0.1, 0.15) is 6.23 Å². The molecule has 3 unspecified atom stereocenters. The number of aliphatic carboxylic acids is 1. The molecule has 0 spiro atoms. The van der Waals surface area contributed by atoms with Gasteiger partial charge in [0.2, 0.25) is 5.91 Å². The molecular weight excluding hydrogens is 512 g/mol. The van der Waals surface area contributed by atoms with Crippen LogP contribution >= 0.6 is 11.8 Å². The van der Waals surface area contributed by atoms with Gasteiger partial charge >= 0.3 is 5.97 Å². The molecule has 0 aromatic rings. The molecule has 0 aliphatic carbocycles. The summed E-state index contributed by atoms with van der Waals surface area (Å²) in [6, 6.07) is -0.406. The summed E-state index contributed by atoms with van der Waals surface area (Å²) >= 11 is 1.15. The molecule has 0 bridgehead atoms. The van der Waals surface area contributed by atoms with Gasteiger partial charge in [0.05, 0.1) is 42.3 Å². The molecule has 0 saturated heterocycles. The summed E-state index contributed by atoms with van der Waals surface area (Å²) < 4.78 is 17.1. The lowest BCUT2D eigenvalue weighted by atomic mass is 9.83. The van der Waals surface area contributed by atoms with Gasteiger partial charge in [-0.25, -0.2) is 0 Å². The van der Waals surface area contributed by atoms with Gasteiger partial charge in [-0.3, -0.25) is 14.9 Å². The summed E-state index contributed by atoms with van der Waals surface area (Å²) in [6.07, 6.45) is 1.50. The fraction of sp³-hybridized carbons (Fsp3) is 0.926. The number of carboxylic acid groups (broad SMARTS) is 1. The Kier molecular flexibility index (Phi) is 17.9. The van der Waals surface area contributed by atoms with Crippen molar-refractivity contribution in [2.24, 2.45) is 5.41 Å². The summed E-state index contributed by atoms with van der Waals surface area (Å²) in [5, 5.41) is 35.4. The highest BCUT2D eigenvalue weighted by Gasteiger charge is 2.31. The van der Waals surface area contributed by atoms with Gasteiger partial charge in [-0.2, -0.15) is 0 Å². The number of aliphatic hydroxyl groups is 2. The number of hydrogen-bond acceptors (Lipinski definition) is 9. The highest BCUT2D eigenvalue weighted by Crippen LogP contribution is 2.24. The summed E-state index contributed by atoms with van der Waals surface area (Å²) in [5.74, 6) is -0.840.